The molecule has 2 N–H and O–H groups in total. The third-order valence-corrected chi connectivity index (χ3v) is 3.00. The summed E-state index contributed by atoms with van der Waals surface area (Å²) >= 11 is 0. The van der Waals surface area contributed by atoms with Gasteiger partial charge in [-0.2, -0.15) is 0 Å². The first kappa shape index (κ1) is 13.3. The van der Waals surface area contributed by atoms with Gasteiger partial charge < -0.3 is 19.9 Å². The van der Waals surface area contributed by atoms with Crippen molar-refractivity contribution in [2.45, 2.75) is 19.1 Å². The maximum absolute atomic E-state index is 12.9. The standard InChI is InChI=1S/C13H18FNO3/c1-9(12-3-2-10(14)6-13(12)16)15-7-11-8-17-4-5-18-11/h2-3,6,9,11,15-16H,4-5,7-8H2,1H3. The molecule has 1 aliphatic heterocycles. The molecule has 1 heterocycles. The average Bonchev–Trinajstić information content (AvgIpc) is 2.37. The highest BCUT2D eigenvalue weighted by molar-refractivity contribution is 5.34. The van der Waals surface area contributed by atoms with E-state index in [2.05, 4.69) is 5.32 Å². The third-order valence-electron chi connectivity index (χ3n) is 3.00. The fourth-order valence-corrected chi connectivity index (χ4v) is 1.96. The summed E-state index contributed by atoms with van der Waals surface area (Å²) in [6.07, 6.45) is 0.0313. The van der Waals surface area contributed by atoms with E-state index in [1.165, 1.54) is 6.07 Å². The van der Waals surface area contributed by atoms with Gasteiger partial charge in [-0.05, 0) is 13.0 Å². The van der Waals surface area contributed by atoms with Gasteiger partial charge in [-0.25, -0.2) is 4.39 Å². The molecule has 1 saturated heterocycles. The molecule has 0 aromatic heterocycles. The van der Waals surface area contributed by atoms with Crippen LogP contribution in [-0.2, 0) is 9.47 Å². The van der Waals surface area contributed by atoms with Crippen LogP contribution in [0.5, 0.6) is 5.75 Å². The van der Waals surface area contributed by atoms with E-state index in [1.54, 1.807) is 6.07 Å². The first-order chi connectivity index (χ1) is 8.66. The van der Waals surface area contributed by atoms with Crippen molar-refractivity contribution in [3.05, 3.63) is 29.6 Å². The summed E-state index contributed by atoms with van der Waals surface area (Å²) in [6, 6.07) is 3.97. The number of nitrogens with one attached hydrogen (secondary N) is 1. The van der Waals surface area contributed by atoms with Crippen LogP contribution in [0.2, 0.25) is 0 Å². The summed E-state index contributed by atoms with van der Waals surface area (Å²) in [5, 5.41) is 12.9. The average molecular weight is 255 g/mol. The number of ether oxygens (including phenoxy) is 2. The van der Waals surface area contributed by atoms with Crippen molar-refractivity contribution < 1.29 is 19.0 Å². The lowest BCUT2D eigenvalue weighted by molar-refractivity contribution is -0.0869. The second kappa shape index (κ2) is 6.13. The summed E-state index contributed by atoms with van der Waals surface area (Å²) in [4.78, 5) is 0. The quantitative estimate of drug-likeness (QED) is 0.858. The molecule has 1 aromatic rings. The molecule has 1 aliphatic rings. The number of phenols is 1. The van der Waals surface area contributed by atoms with E-state index in [9.17, 15) is 9.50 Å². The first-order valence-corrected chi connectivity index (χ1v) is 6.08. The topological polar surface area (TPSA) is 50.7 Å². The van der Waals surface area contributed by atoms with E-state index in [1.807, 2.05) is 6.92 Å². The SMILES string of the molecule is CC(NCC1COCCO1)c1ccc(F)cc1O. The van der Waals surface area contributed by atoms with Crippen LogP contribution in [0, 0.1) is 5.82 Å². The van der Waals surface area contributed by atoms with Crippen molar-refractivity contribution in [2.24, 2.45) is 0 Å². The Hall–Kier alpha value is -1.17. The Morgan fingerprint density at radius 3 is 3.00 bits per heavy atom. The number of halogens is 1. The molecule has 4 nitrogen and oxygen atoms in total. The van der Waals surface area contributed by atoms with Gasteiger partial charge in [-0.3, -0.25) is 0 Å². The lowest BCUT2D eigenvalue weighted by atomic mass is 10.1. The number of rotatable bonds is 4. The van der Waals surface area contributed by atoms with Crippen LogP contribution in [0.25, 0.3) is 0 Å². The van der Waals surface area contributed by atoms with Gasteiger partial charge in [0, 0.05) is 24.2 Å². The molecule has 1 aromatic carbocycles. The van der Waals surface area contributed by atoms with Crippen LogP contribution in [0.1, 0.15) is 18.5 Å². The highest BCUT2D eigenvalue weighted by atomic mass is 19.1. The maximum atomic E-state index is 12.9. The molecule has 0 amide bonds. The van der Waals surface area contributed by atoms with Crippen LogP contribution < -0.4 is 5.32 Å². The summed E-state index contributed by atoms with van der Waals surface area (Å²) in [6.45, 7) is 4.39. The molecule has 100 valence electrons. The smallest absolute Gasteiger partial charge is 0.126 e. The fraction of sp³-hybridized carbons (Fsp3) is 0.538. The van der Waals surface area contributed by atoms with E-state index < -0.39 is 5.82 Å². The van der Waals surface area contributed by atoms with Gasteiger partial charge in [-0.1, -0.05) is 6.07 Å². The Bertz CT molecular complexity index is 394. The second-order valence-electron chi connectivity index (χ2n) is 4.40. The van der Waals surface area contributed by atoms with Crippen molar-refractivity contribution in [3.8, 4) is 5.75 Å². The Morgan fingerprint density at radius 2 is 2.33 bits per heavy atom. The Labute approximate surface area is 106 Å². The summed E-state index contributed by atoms with van der Waals surface area (Å²) in [5.41, 5.74) is 0.674. The Balaban J connectivity index is 1.88. The van der Waals surface area contributed by atoms with Gasteiger partial charge in [0.1, 0.15) is 11.6 Å². The summed E-state index contributed by atoms with van der Waals surface area (Å²) in [5.74, 6) is -0.469. The van der Waals surface area contributed by atoms with Gasteiger partial charge in [0.15, 0.2) is 0 Å². The highest BCUT2D eigenvalue weighted by Gasteiger charge is 2.16. The van der Waals surface area contributed by atoms with Crippen molar-refractivity contribution in [2.75, 3.05) is 26.4 Å². The molecule has 1 fully saturated rings. The number of hydrogen-bond donors (Lipinski definition) is 2. The molecule has 0 spiro atoms. The fourth-order valence-electron chi connectivity index (χ4n) is 1.96. The van der Waals surface area contributed by atoms with Crippen LogP contribution in [-0.4, -0.2) is 37.6 Å². The van der Waals surface area contributed by atoms with E-state index in [4.69, 9.17) is 9.47 Å². The molecule has 2 atom stereocenters. The maximum Gasteiger partial charge on any atom is 0.126 e. The molecule has 0 aliphatic carbocycles. The first-order valence-electron chi connectivity index (χ1n) is 6.08. The number of hydrogen-bond acceptors (Lipinski definition) is 4. The predicted octanol–water partition coefficient (Wildman–Crippen LogP) is 1.60. The monoisotopic (exact) mass is 255 g/mol. The van der Waals surface area contributed by atoms with Gasteiger partial charge in [0.2, 0.25) is 0 Å². The van der Waals surface area contributed by atoms with Gasteiger partial charge >= 0.3 is 0 Å². The Kier molecular flexibility index (Phi) is 4.52. The van der Waals surface area contributed by atoms with Crippen LogP contribution in [0.15, 0.2) is 18.2 Å². The van der Waals surface area contributed by atoms with Crippen molar-refractivity contribution in [3.63, 3.8) is 0 Å². The van der Waals surface area contributed by atoms with Crippen LogP contribution in [0.3, 0.4) is 0 Å². The lowest BCUT2D eigenvalue weighted by Gasteiger charge is -2.25. The molecule has 0 bridgehead atoms. The highest BCUT2D eigenvalue weighted by Crippen LogP contribution is 2.24. The molecule has 0 saturated carbocycles. The molecule has 18 heavy (non-hydrogen) atoms. The molecule has 0 radical (unpaired) electrons. The minimum Gasteiger partial charge on any atom is -0.508 e. The zero-order chi connectivity index (χ0) is 13.0. The van der Waals surface area contributed by atoms with Crippen LogP contribution >= 0.6 is 0 Å². The molecular weight excluding hydrogens is 237 g/mol. The lowest BCUT2D eigenvalue weighted by Crippen LogP contribution is -2.38. The number of phenolic OH excluding ortho intramolecular Hbond substituents is 1. The largest absolute Gasteiger partial charge is 0.508 e. The van der Waals surface area contributed by atoms with E-state index in [-0.39, 0.29) is 17.9 Å². The van der Waals surface area contributed by atoms with E-state index >= 15 is 0 Å². The zero-order valence-electron chi connectivity index (χ0n) is 10.4. The van der Waals surface area contributed by atoms with E-state index in [0.717, 1.165) is 6.07 Å². The Morgan fingerprint density at radius 1 is 1.50 bits per heavy atom. The predicted molar refractivity (Wildman–Crippen MR) is 65.0 cm³/mol. The summed E-state index contributed by atoms with van der Waals surface area (Å²) in [7, 11) is 0. The second-order valence-corrected chi connectivity index (χ2v) is 4.40. The van der Waals surface area contributed by atoms with Crippen molar-refractivity contribution in [1.82, 2.24) is 5.32 Å². The summed E-state index contributed by atoms with van der Waals surface area (Å²) < 4.78 is 23.7. The molecular formula is C13H18FNO3. The zero-order valence-corrected chi connectivity index (χ0v) is 10.4. The normalized spacial score (nSPS) is 21.8. The minimum absolute atomic E-state index is 0.0313. The van der Waals surface area contributed by atoms with Gasteiger partial charge in [0.25, 0.3) is 0 Å². The van der Waals surface area contributed by atoms with Crippen molar-refractivity contribution in [1.29, 1.82) is 0 Å². The molecule has 5 heteroatoms. The van der Waals surface area contributed by atoms with Crippen molar-refractivity contribution >= 4 is 0 Å². The van der Waals surface area contributed by atoms with Gasteiger partial charge in [0.05, 0.1) is 25.9 Å². The molecule has 2 rings (SSSR count). The van der Waals surface area contributed by atoms with Crippen LogP contribution in [0.4, 0.5) is 4.39 Å². The minimum atomic E-state index is -0.438. The van der Waals surface area contributed by atoms with E-state index in [0.29, 0.717) is 31.9 Å². The third kappa shape index (κ3) is 3.41. The number of benzene rings is 1. The van der Waals surface area contributed by atoms with Gasteiger partial charge in [-0.15, -0.1) is 0 Å². The molecule has 2 unspecified atom stereocenters. The number of aromatic hydroxyl groups is 1.